The van der Waals surface area contributed by atoms with Crippen molar-refractivity contribution in [2.75, 3.05) is 13.1 Å². The van der Waals surface area contributed by atoms with Gasteiger partial charge in [-0.05, 0) is 6.07 Å². The third kappa shape index (κ3) is 1.63. The van der Waals surface area contributed by atoms with Crippen LogP contribution in [0.4, 0.5) is 0 Å². The Morgan fingerprint density at radius 2 is 2.25 bits per heavy atom. The van der Waals surface area contributed by atoms with Crippen LogP contribution in [0.3, 0.4) is 0 Å². The lowest BCUT2D eigenvalue weighted by Gasteiger charge is -2.27. The van der Waals surface area contributed by atoms with E-state index >= 15 is 0 Å². The van der Waals surface area contributed by atoms with Crippen molar-refractivity contribution in [1.29, 1.82) is 0 Å². The highest BCUT2D eigenvalue weighted by Gasteiger charge is 2.18. The van der Waals surface area contributed by atoms with E-state index < -0.39 is 0 Å². The summed E-state index contributed by atoms with van der Waals surface area (Å²) in [6, 6.07) is 3.53. The summed E-state index contributed by atoms with van der Waals surface area (Å²) in [6.07, 6.45) is 1.41. The molecule has 1 aliphatic heterocycles. The fraction of sp³-hybridized carbons (Fsp3) is 0.300. The van der Waals surface area contributed by atoms with Gasteiger partial charge in [0.1, 0.15) is 11.6 Å². The highest BCUT2D eigenvalue weighted by atomic mass is 16.5. The highest BCUT2D eigenvalue weighted by molar-refractivity contribution is 5.69. The van der Waals surface area contributed by atoms with E-state index in [0.717, 1.165) is 13.1 Å². The van der Waals surface area contributed by atoms with Crippen LogP contribution in [-0.2, 0) is 0 Å². The van der Waals surface area contributed by atoms with E-state index in [2.05, 4.69) is 20.3 Å². The first-order chi connectivity index (χ1) is 7.81. The van der Waals surface area contributed by atoms with E-state index in [1.807, 2.05) is 0 Å². The highest BCUT2D eigenvalue weighted by Crippen LogP contribution is 2.13. The largest absolute Gasteiger partial charge is 0.472 e. The molecule has 1 fully saturated rings. The van der Waals surface area contributed by atoms with E-state index in [1.165, 1.54) is 6.20 Å². The second-order valence-electron chi connectivity index (χ2n) is 3.66. The number of hydrogen-bond acceptors (Lipinski definition) is 5. The lowest BCUT2D eigenvalue weighted by molar-refractivity contribution is 0.136. The van der Waals surface area contributed by atoms with Gasteiger partial charge in [0.25, 0.3) is 5.56 Å². The monoisotopic (exact) mass is 218 g/mol. The second-order valence-corrected chi connectivity index (χ2v) is 3.66. The quantitative estimate of drug-likeness (QED) is 0.721. The Morgan fingerprint density at radius 3 is 3.00 bits per heavy atom. The Balaban J connectivity index is 1.97. The van der Waals surface area contributed by atoms with Crippen molar-refractivity contribution in [2.45, 2.75) is 6.10 Å². The third-order valence-corrected chi connectivity index (χ3v) is 2.44. The number of H-pyrrole nitrogens is 1. The van der Waals surface area contributed by atoms with E-state index in [9.17, 15) is 4.79 Å². The van der Waals surface area contributed by atoms with Crippen LogP contribution < -0.4 is 15.6 Å². The van der Waals surface area contributed by atoms with Gasteiger partial charge in [-0.1, -0.05) is 0 Å². The number of pyridine rings is 1. The molecule has 16 heavy (non-hydrogen) atoms. The normalized spacial score (nSPS) is 16.0. The van der Waals surface area contributed by atoms with Gasteiger partial charge in [-0.25, -0.2) is 4.98 Å². The molecule has 2 N–H and O–H groups in total. The van der Waals surface area contributed by atoms with Crippen LogP contribution in [-0.4, -0.2) is 34.1 Å². The zero-order chi connectivity index (χ0) is 11.0. The van der Waals surface area contributed by atoms with Gasteiger partial charge in [-0.3, -0.25) is 4.79 Å². The summed E-state index contributed by atoms with van der Waals surface area (Å²) in [5.74, 6) is 0.516. The van der Waals surface area contributed by atoms with Crippen molar-refractivity contribution < 1.29 is 4.74 Å². The fourth-order valence-electron chi connectivity index (χ4n) is 1.49. The van der Waals surface area contributed by atoms with Crippen molar-refractivity contribution in [3.63, 3.8) is 0 Å². The topological polar surface area (TPSA) is 79.9 Å². The molecule has 3 heterocycles. The summed E-state index contributed by atoms with van der Waals surface area (Å²) in [6.45, 7) is 1.67. The van der Waals surface area contributed by atoms with Crippen LogP contribution in [0.5, 0.6) is 5.88 Å². The molecule has 0 aromatic carbocycles. The van der Waals surface area contributed by atoms with E-state index in [1.54, 1.807) is 12.1 Å². The van der Waals surface area contributed by atoms with Crippen LogP contribution in [0.2, 0.25) is 0 Å². The van der Waals surface area contributed by atoms with Crippen LogP contribution in [0.1, 0.15) is 0 Å². The minimum absolute atomic E-state index is 0.174. The van der Waals surface area contributed by atoms with E-state index in [-0.39, 0.29) is 11.7 Å². The minimum Gasteiger partial charge on any atom is -0.472 e. The van der Waals surface area contributed by atoms with Crippen LogP contribution in [0.15, 0.2) is 23.1 Å². The van der Waals surface area contributed by atoms with Gasteiger partial charge in [0.05, 0.1) is 6.20 Å². The zero-order valence-electron chi connectivity index (χ0n) is 8.43. The molecule has 0 bridgehead atoms. The molecule has 0 radical (unpaired) electrons. The molecule has 0 amide bonds. The smallest absolute Gasteiger partial charge is 0.268 e. The summed E-state index contributed by atoms with van der Waals surface area (Å²) in [5.41, 5.74) is 0.846. The summed E-state index contributed by atoms with van der Waals surface area (Å²) >= 11 is 0. The molecular weight excluding hydrogens is 208 g/mol. The molecule has 0 aliphatic carbocycles. The Hall–Kier alpha value is -1.95. The van der Waals surface area contributed by atoms with Crippen molar-refractivity contribution in [1.82, 2.24) is 20.3 Å². The van der Waals surface area contributed by atoms with Gasteiger partial charge in [-0.15, -0.1) is 0 Å². The number of fused-ring (bicyclic) bond motifs is 1. The predicted octanol–water partition coefficient (Wildman–Crippen LogP) is -0.331. The standard InChI is InChI=1S/C10H10N4O2/c15-8-5-12-7-1-2-9(14-10(7)13-8)16-6-3-11-4-6/h1-2,5-6,11H,3-4H2,(H,13,14,15). The molecule has 0 spiro atoms. The summed E-state index contributed by atoms with van der Waals surface area (Å²) in [7, 11) is 0. The molecule has 6 heteroatoms. The van der Waals surface area contributed by atoms with Gasteiger partial charge in [-0.2, -0.15) is 4.98 Å². The first-order valence-corrected chi connectivity index (χ1v) is 5.05. The molecule has 3 rings (SSSR count). The molecule has 1 aliphatic rings. The maximum absolute atomic E-state index is 11.1. The van der Waals surface area contributed by atoms with Crippen molar-refractivity contribution in [3.05, 3.63) is 28.7 Å². The van der Waals surface area contributed by atoms with E-state index in [0.29, 0.717) is 17.0 Å². The van der Waals surface area contributed by atoms with Gasteiger partial charge >= 0.3 is 0 Å². The van der Waals surface area contributed by atoms with E-state index in [4.69, 9.17) is 4.74 Å². The van der Waals surface area contributed by atoms with Crippen molar-refractivity contribution in [2.24, 2.45) is 0 Å². The number of nitrogens with one attached hydrogen (secondary N) is 2. The number of hydrogen-bond donors (Lipinski definition) is 2. The molecular formula is C10H10N4O2. The Morgan fingerprint density at radius 1 is 1.38 bits per heavy atom. The minimum atomic E-state index is -0.262. The summed E-state index contributed by atoms with van der Waals surface area (Å²) < 4.78 is 5.57. The average molecular weight is 218 g/mol. The zero-order valence-corrected chi connectivity index (χ0v) is 8.43. The molecule has 0 saturated carbocycles. The summed E-state index contributed by atoms with van der Waals surface area (Å²) in [5, 5.41) is 3.10. The Kier molecular flexibility index (Phi) is 2.07. The number of aromatic amines is 1. The Bertz CT molecular complexity index is 576. The molecule has 6 nitrogen and oxygen atoms in total. The molecule has 82 valence electrons. The average Bonchev–Trinajstić information content (AvgIpc) is 2.23. The molecule has 1 saturated heterocycles. The Labute approximate surface area is 90.7 Å². The fourth-order valence-corrected chi connectivity index (χ4v) is 1.49. The van der Waals surface area contributed by atoms with Gasteiger partial charge in [0.2, 0.25) is 5.88 Å². The lowest BCUT2D eigenvalue weighted by atomic mass is 10.2. The molecule has 2 aromatic rings. The van der Waals surface area contributed by atoms with Crippen molar-refractivity contribution >= 4 is 11.2 Å². The predicted molar refractivity (Wildman–Crippen MR) is 57.4 cm³/mol. The third-order valence-electron chi connectivity index (χ3n) is 2.44. The van der Waals surface area contributed by atoms with Crippen molar-refractivity contribution in [3.8, 4) is 5.88 Å². The molecule has 2 aromatic heterocycles. The second kappa shape index (κ2) is 3.57. The lowest BCUT2D eigenvalue weighted by Crippen LogP contribution is -2.50. The first-order valence-electron chi connectivity index (χ1n) is 5.05. The van der Waals surface area contributed by atoms with Gasteiger partial charge in [0.15, 0.2) is 5.65 Å². The SMILES string of the molecule is O=c1cnc2ccc(OC3CNC3)nc2[nH]1. The van der Waals surface area contributed by atoms with Gasteiger partial charge in [0, 0.05) is 19.2 Å². The maximum atomic E-state index is 11.1. The number of rotatable bonds is 2. The van der Waals surface area contributed by atoms with Gasteiger partial charge < -0.3 is 15.0 Å². The number of ether oxygens (including phenoxy) is 1. The molecule has 0 atom stereocenters. The summed E-state index contributed by atoms with van der Waals surface area (Å²) in [4.78, 5) is 21.8. The number of aromatic nitrogens is 3. The molecule has 0 unspecified atom stereocenters. The van der Waals surface area contributed by atoms with Crippen LogP contribution in [0.25, 0.3) is 11.2 Å². The van der Waals surface area contributed by atoms with Crippen LogP contribution in [0, 0.1) is 0 Å². The number of nitrogens with zero attached hydrogens (tertiary/aromatic N) is 2. The maximum Gasteiger partial charge on any atom is 0.268 e. The first kappa shape index (κ1) is 9.29. The van der Waals surface area contributed by atoms with Crippen LogP contribution >= 0.6 is 0 Å².